The number of hydrogen-bond donors (Lipinski definition) is 1. The third kappa shape index (κ3) is 2.77. The first-order valence-corrected chi connectivity index (χ1v) is 7.43. The molecule has 1 atom stereocenters. The smallest absolute Gasteiger partial charge is 0.152 e. The molecule has 2 aromatic rings. The molecule has 0 saturated heterocycles. The lowest BCUT2D eigenvalue weighted by Crippen LogP contribution is -2.46. The average Bonchev–Trinajstić information content (AvgIpc) is 3.20. The third-order valence-corrected chi connectivity index (χ3v) is 3.90. The summed E-state index contributed by atoms with van der Waals surface area (Å²) in [4.78, 5) is 0. The summed E-state index contributed by atoms with van der Waals surface area (Å²) >= 11 is 3.39. The molecule has 102 valence electrons. The molecule has 1 aromatic carbocycles. The molecule has 3 rings (SSSR count). The van der Waals surface area contributed by atoms with Crippen molar-refractivity contribution in [2.24, 2.45) is 0 Å². The maximum Gasteiger partial charge on any atom is 0.152 e. The first kappa shape index (κ1) is 13.3. The molecule has 0 amide bonds. The highest BCUT2D eigenvalue weighted by Crippen LogP contribution is 2.30. The minimum absolute atomic E-state index is 0.439. The fraction of sp³-hybridized carbons (Fsp3) is 0.333. The van der Waals surface area contributed by atoms with Gasteiger partial charge in [0, 0.05) is 12.2 Å². The van der Waals surface area contributed by atoms with Crippen LogP contribution < -0.4 is 5.32 Å². The van der Waals surface area contributed by atoms with Crippen molar-refractivity contribution in [3.8, 4) is 6.07 Å². The van der Waals surface area contributed by atoms with E-state index in [1.807, 2.05) is 36.5 Å². The second-order valence-electron chi connectivity index (χ2n) is 5.16. The molecule has 0 spiro atoms. The third-order valence-electron chi connectivity index (χ3n) is 3.49. The number of nitriles is 1. The number of aromatic nitrogens is 2. The van der Waals surface area contributed by atoms with Gasteiger partial charge in [-0.2, -0.15) is 10.4 Å². The molecule has 1 aromatic heterocycles. The molecular weight excluding hydrogens is 316 g/mol. The molecule has 1 aliphatic rings. The summed E-state index contributed by atoms with van der Waals surface area (Å²) in [5.74, 6) is 0. The molecule has 5 heteroatoms. The van der Waals surface area contributed by atoms with Gasteiger partial charge in [-0.15, -0.1) is 0 Å². The summed E-state index contributed by atoms with van der Waals surface area (Å²) in [6.45, 7) is 0.496. The SMILES string of the molecule is N#CC(Cn1cc(Br)cn1)(NC1CC1)c1ccccc1. The van der Waals surface area contributed by atoms with E-state index >= 15 is 0 Å². The minimum atomic E-state index is -0.728. The first-order chi connectivity index (χ1) is 9.72. The Bertz CT molecular complexity index is 627. The lowest BCUT2D eigenvalue weighted by atomic mass is 9.91. The number of benzene rings is 1. The van der Waals surface area contributed by atoms with Crippen molar-refractivity contribution in [2.45, 2.75) is 31.0 Å². The van der Waals surface area contributed by atoms with Gasteiger partial charge in [-0.3, -0.25) is 10.00 Å². The van der Waals surface area contributed by atoms with Crippen LogP contribution in [0.5, 0.6) is 0 Å². The van der Waals surface area contributed by atoms with Crippen LogP contribution in [-0.2, 0) is 12.1 Å². The van der Waals surface area contributed by atoms with Crippen LogP contribution in [0.2, 0.25) is 0 Å². The summed E-state index contributed by atoms with van der Waals surface area (Å²) in [5.41, 5.74) is 0.259. The molecule has 1 N–H and O–H groups in total. The zero-order valence-corrected chi connectivity index (χ0v) is 12.5. The monoisotopic (exact) mass is 330 g/mol. The Hall–Kier alpha value is -1.64. The van der Waals surface area contributed by atoms with Crippen molar-refractivity contribution >= 4 is 15.9 Å². The predicted octanol–water partition coefficient (Wildman–Crippen LogP) is 2.82. The van der Waals surface area contributed by atoms with Crippen LogP contribution in [-0.4, -0.2) is 15.8 Å². The molecule has 4 nitrogen and oxygen atoms in total. The van der Waals surface area contributed by atoms with E-state index in [4.69, 9.17) is 0 Å². The topological polar surface area (TPSA) is 53.6 Å². The van der Waals surface area contributed by atoms with Gasteiger partial charge in [-0.25, -0.2) is 0 Å². The molecular formula is C15H15BrN4. The van der Waals surface area contributed by atoms with Gasteiger partial charge in [0.15, 0.2) is 5.54 Å². The lowest BCUT2D eigenvalue weighted by Gasteiger charge is -2.28. The van der Waals surface area contributed by atoms with Gasteiger partial charge < -0.3 is 0 Å². The van der Waals surface area contributed by atoms with Crippen molar-refractivity contribution in [3.63, 3.8) is 0 Å². The normalized spacial score (nSPS) is 17.4. The Labute approximate surface area is 126 Å². The van der Waals surface area contributed by atoms with E-state index in [0.29, 0.717) is 12.6 Å². The Morgan fingerprint density at radius 1 is 1.40 bits per heavy atom. The fourth-order valence-corrected chi connectivity index (χ4v) is 2.65. The molecule has 1 fully saturated rings. The molecule has 1 unspecified atom stereocenters. The molecule has 0 aliphatic heterocycles. The van der Waals surface area contributed by atoms with Gasteiger partial charge in [0.05, 0.1) is 23.3 Å². The van der Waals surface area contributed by atoms with Crippen LogP contribution in [0.4, 0.5) is 0 Å². The molecule has 1 aliphatic carbocycles. The van der Waals surface area contributed by atoms with E-state index in [1.165, 1.54) is 0 Å². The van der Waals surface area contributed by atoms with Gasteiger partial charge >= 0.3 is 0 Å². The second kappa shape index (κ2) is 5.39. The van der Waals surface area contributed by atoms with Crippen LogP contribution in [0.25, 0.3) is 0 Å². The van der Waals surface area contributed by atoms with Crippen molar-refractivity contribution in [1.82, 2.24) is 15.1 Å². The van der Waals surface area contributed by atoms with Gasteiger partial charge in [-0.05, 0) is 34.3 Å². The summed E-state index contributed by atoms with van der Waals surface area (Å²) in [6, 6.07) is 12.8. The average molecular weight is 331 g/mol. The second-order valence-corrected chi connectivity index (χ2v) is 6.07. The predicted molar refractivity (Wildman–Crippen MR) is 79.8 cm³/mol. The largest absolute Gasteiger partial charge is 0.291 e. The lowest BCUT2D eigenvalue weighted by molar-refractivity contribution is 0.348. The van der Waals surface area contributed by atoms with Gasteiger partial charge in [0.1, 0.15) is 0 Å². The van der Waals surface area contributed by atoms with E-state index in [9.17, 15) is 5.26 Å². The maximum absolute atomic E-state index is 9.81. The van der Waals surface area contributed by atoms with Crippen LogP contribution in [0.15, 0.2) is 47.2 Å². The van der Waals surface area contributed by atoms with E-state index in [1.54, 1.807) is 10.9 Å². The number of hydrogen-bond acceptors (Lipinski definition) is 3. The Morgan fingerprint density at radius 3 is 2.70 bits per heavy atom. The van der Waals surface area contributed by atoms with Crippen molar-refractivity contribution in [1.29, 1.82) is 5.26 Å². The Balaban J connectivity index is 1.95. The van der Waals surface area contributed by atoms with Crippen LogP contribution in [0.3, 0.4) is 0 Å². The quantitative estimate of drug-likeness (QED) is 0.917. The van der Waals surface area contributed by atoms with Crippen molar-refractivity contribution in [2.75, 3.05) is 0 Å². The van der Waals surface area contributed by atoms with Crippen molar-refractivity contribution < 1.29 is 0 Å². The minimum Gasteiger partial charge on any atom is -0.291 e. The van der Waals surface area contributed by atoms with Crippen LogP contribution in [0.1, 0.15) is 18.4 Å². The molecule has 1 saturated carbocycles. The summed E-state index contributed by atoms with van der Waals surface area (Å²) in [5, 5.41) is 17.6. The van der Waals surface area contributed by atoms with E-state index in [2.05, 4.69) is 32.4 Å². The van der Waals surface area contributed by atoms with Crippen molar-refractivity contribution in [3.05, 3.63) is 52.8 Å². The Morgan fingerprint density at radius 2 is 2.15 bits per heavy atom. The number of nitrogens with one attached hydrogen (secondary N) is 1. The highest BCUT2D eigenvalue weighted by molar-refractivity contribution is 9.10. The zero-order valence-electron chi connectivity index (χ0n) is 11.0. The van der Waals surface area contributed by atoms with Gasteiger partial charge in [0.25, 0.3) is 0 Å². The molecule has 1 heterocycles. The van der Waals surface area contributed by atoms with E-state index in [0.717, 1.165) is 22.9 Å². The zero-order chi connectivity index (χ0) is 14.0. The van der Waals surface area contributed by atoms with Gasteiger partial charge in [0.2, 0.25) is 0 Å². The fourth-order valence-electron chi connectivity index (χ4n) is 2.32. The van der Waals surface area contributed by atoms with Gasteiger partial charge in [-0.1, -0.05) is 30.3 Å². The van der Waals surface area contributed by atoms with Crippen LogP contribution >= 0.6 is 15.9 Å². The molecule has 0 bridgehead atoms. The van der Waals surface area contributed by atoms with Crippen LogP contribution in [0, 0.1) is 11.3 Å². The Kier molecular flexibility index (Phi) is 3.60. The number of rotatable bonds is 5. The highest BCUT2D eigenvalue weighted by atomic mass is 79.9. The van der Waals surface area contributed by atoms with E-state index < -0.39 is 5.54 Å². The number of halogens is 1. The number of nitrogens with zero attached hydrogens (tertiary/aromatic N) is 3. The first-order valence-electron chi connectivity index (χ1n) is 6.64. The maximum atomic E-state index is 9.81. The van der Waals surface area contributed by atoms with E-state index in [-0.39, 0.29) is 0 Å². The molecule has 0 radical (unpaired) electrons. The standard InChI is InChI=1S/C15H15BrN4/c16-13-8-18-20(9-13)11-15(10-17,19-14-6-7-14)12-4-2-1-3-5-12/h1-5,8-9,14,19H,6-7,11H2. The molecule has 20 heavy (non-hydrogen) atoms. The summed E-state index contributed by atoms with van der Waals surface area (Å²) in [7, 11) is 0. The summed E-state index contributed by atoms with van der Waals surface area (Å²) in [6.07, 6.45) is 5.91. The summed E-state index contributed by atoms with van der Waals surface area (Å²) < 4.78 is 2.72. The highest BCUT2D eigenvalue weighted by Gasteiger charge is 2.38.